The van der Waals surface area contributed by atoms with Crippen molar-refractivity contribution in [3.63, 3.8) is 0 Å². The Balaban J connectivity index is 2.93. The molecule has 0 saturated carbocycles. The highest BCUT2D eigenvalue weighted by atomic mass is 16.6. The van der Waals surface area contributed by atoms with E-state index in [1.165, 1.54) is 19.2 Å². The summed E-state index contributed by atoms with van der Waals surface area (Å²) in [5.41, 5.74) is 7.13. The van der Waals surface area contributed by atoms with Gasteiger partial charge in [0.1, 0.15) is 6.04 Å². The Bertz CT molecular complexity index is 445. The van der Waals surface area contributed by atoms with Gasteiger partial charge in [-0.25, -0.2) is 0 Å². The Labute approximate surface area is 98.5 Å². The van der Waals surface area contributed by atoms with Crippen LogP contribution in [-0.4, -0.2) is 24.0 Å². The first-order valence-electron chi connectivity index (χ1n) is 5.03. The molecule has 0 unspecified atom stereocenters. The number of hydrogen-bond donors (Lipinski definition) is 1. The highest BCUT2D eigenvalue weighted by molar-refractivity contribution is 5.75. The fourth-order valence-corrected chi connectivity index (χ4v) is 1.46. The van der Waals surface area contributed by atoms with Gasteiger partial charge in [0.2, 0.25) is 0 Å². The summed E-state index contributed by atoms with van der Waals surface area (Å²) in [4.78, 5) is 21.3. The number of nitro benzene ring substituents is 1. The molecule has 0 saturated heterocycles. The van der Waals surface area contributed by atoms with Gasteiger partial charge in [0, 0.05) is 12.1 Å². The van der Waals surface area contributed by atoms with Gasteiger partial charge >= 0.3 is 5.97 Å². The van der Waals surface area contributed by atoms with E-state index >= 15 is 0 Å². The highest BCUT2D eigenvalue weighted by Gasteiger charge is 2.17. The second-order valence-electron chi connectivity index (χ2n) is 3.70. The van der Waals surface area contributed by atoms with E-state index in [1.807, 2.05) is 6.92 Å². The first-order chi connectivity index (χ1) is 7.95. The quantitative estimate of drug-likeness (QED) is 0.478. The average molecular weight is 238 g/mol. The third-order valence-electron chi connectivity index (χ3n) is 2.49. The molecule has 0 aliphatic carbocycles. The van der Waals surface area contributed by atoms with Crippen LogP contribution in [0.4, 0.5) is 5.69 Å². The van der Waals surface area contributed by atoms with Crippen LogP contribution in [0.15, 0.2) is 18.2 Å². The van der Waals surface area contributed by atoms with Crippen molar-refractivity contribution in [3.8, 4) is 0 Å². The molecule has 0 bridgehead atoms. The maximum Gasteiger partial charge on any atom is 0.322 e. The van der Waals surface area contributed by atoms with Gasteiger partial charge < -0.3 is 10.5 Å². The lowest BCUT2D eigenvalue weighted by molar-refractivity contribution is -0.384. The molecule has 0 heterocycles. The number of esters is 1. The molecule has 0 radical (unpaired) electrons. The van der Waals surface area contributed by atoms with E-state index in [0.717, 1.165) is 5.56 Å². The monoisotopic (exact) mass is 238 g/mol. The summed E-state index contributed by atoms with van der Waals surface area (Å²) in [5, 5.41) is 10.6. The number of aryl methyl sites for hydroxylation is 1. The highest BCUT2D eigenvalue weighted by Crippen LogP contribution is 2.18. The summed E-state index contributed by atoms with van der Waals surface area (Å²) in [6, 6.07) is 3.68. The van der Waals surface area contributed by atoms with E-state index < -0.39 is 16.9 Å². The van der Waals surface area contributed by atoms with Crippen LogP contribution in [0.5, 0.6) is 0 Å². The average Bonchev–Trinajstić information content (AvgIpc) is 2.30. The van der Waals surface area contributed by atoms with Crippen molar-refractivity contribution in [2.24, 2.45) is 5.73 Å². The number of carbonyl (C=O) groups is 1. The van der Waals surface area contributed by atoms with Gasteiger partial charge in [-0.05, 0) is 24.5 Å². The molecule has 0 amide bonds. The molecular formula is C11H14N2O4. The predicted molar refractivity (Wildman–Crippen MR) is 61.5 cm³/mol. The number of nitrogens with two attached hydrogens (primary N) is 1. The minimum atomic E-state index is -0.805. The number of nitrogens with zero attached hydrogens (tertiary/aromatic N) is 1. The molecule has 2 N–H and O–H groups in total. The predicted octanol–water partition coefficient (Wildman–Crippen LogP) is 0.946. The van der Waals surface area contributed by atoms with Crippen LogP contribution in [0.1, 0.15) is 11.1 Å². The van der Waals surface area contributed by atoms with Crippen molar-refractivity contribution in [1.82, 2.24) is 0 Å². The zero-order valence-electron chi connectivity index (χ0n) is 9.67. The lowest BCUT2D eigenvalue weighted by atomic mass is 10.0. The molecule has 1 aromatic rings. The molecular weight excluding hydrogens is 224 g/mol. The molecule has 0 spiro atoms. The second-order valence-corrected chi connectivity index (χ2v) is 3.70. The van der Waals surface area contributed by atoms with Gasteiger partial charge in [0.15, 0.2) is 0 Å². The fourth-order valence-electron chi connectivity index (χ4n) is 1.46. The number of ether oxygens (including phenoxy) is 1. The Morgan fingerprint density at radius 2 is 2.24 bits per heavy atom. The number of hydrogen-bond acceptors (Lipinski definition) is 5. The molecule has 6 nitrogen and oxygen atoms in total. The van der Waals surface area contributed by atoms with E-state index in [9.17, 15) is 14.9 Å². The van der Waals surface area contributed by atoms with Gasteiger partial charge in [-0.3, -0.25) is 14.9 Å². The Kier molecular flexibility index (Phi) is 4.17. The van der Waals surface area contributed by atoms with Gasteiger partial charge in [-0.1, -0.05) is 6.07 Å². The molecule has 1 aromatic carbocycles. The van der Waals surface area contributed by atoms with Crippen LogP contribution in [-0.2, 0) is 16.0 Å². The summed E-state index contributed by atoms with van der Waals surface area (Å²) in [6.45, 7) is 1.81. The third-order valence-corrected chi connectivity index (χ3v) is 2.49. The van der Waals surface area contributed by atoms with Gasteiger partial charge in [0.05, 0.1) is 12.0 Å². The molecule has 0 aromatic heterocycles. The topological polar surface area (TPSA) is 95.5 Å². The van der Waals surface area contributed by atoms with Crippen molar-refractivity contribution in [2.45, 2.75) is 19.4 Å². The molecule has 0 fully saturated rings. The second kappa shape index (κ2) is 5.40. The van der Waals surface area contributed by atoms with Crippen molar-refractivity contribution >= 4 is 11.7 Å². The van der Waals surface area contributed by atoms with Crippen LogP contribution in [0, 0.1) is 17.0 Å². The summed E-state index contributed by atoms with van der Waals surface area (Å²) in [5.74, 6) is -0.532. The minimum Gasteiger partial charge on any atom is -0.468 e. The molecule has 1 rings (SSSR count). The molecule has 6 heteroatoms. The van der Waals surface area contributed by atoms with Crippen molar-refractivity contribution in [2.75, 3.05) is 7.11 Å². The maximum atomic E-state index is 11.2. The Hall–Kier alpha value is -1.95. The van der Waals surface area contributed by atoms with Crippen molar-refractivity contribution in [3.05, 3.63) is 39.4 Å². The van der Waals surface area contributed by atoms with Gasteiger partial charge in [-0.2, -0.15) is 0 Å². The van der Waals surface area contributed by atoms with E-state index in [0.29, 0.717) is 5.56 Å². The third kappa shape index (κ3) is 3.25. The van der Waals surface area contributed by atoms with Gasteiger partial charge in [0.25, 0.3) is 5.69 Å². The maximum absolute atomic E-state index is 11.2. The summed E-state index contributed by atoms with van der Waals surface area (Å²) in [7, 11) is 1.25. The lowest BCUT2D eigenvalue weighted by Gasteiger charge is -2.11. The summed E-state index contributed by atoms with van der Waals surface area (Å²) >= 11 is 0. The number of carbonyl (C=O) groups excluding carboxylic acids is 1. The van der Waals surface area contributed by atoms with Crippen LogP contribution < -0.4 is 5.73 Å². The molecule has 92 valence electrons. The van der Waals surface area contributed by atoms with Crippen molar-refractivity contribution in [1.29, 1.82) is 0 Å². The van der Waals surface area contributed by atoms with E-state index in [-0.39, 0.29) is 12.1 Å². The van der Waals surface area contributed by atoms with E-state index in [2.05, 4.69) is 4.74 Å². The first kappa shape index (κ1) is 13.1. The number of non-ortho nitro benzene ring substituents is 1. The zero-order valence-corrected chi connectivity index (χ0v) is 9.67. The molecule has 1 atom stereocenters. The summed E-state index contributed by atoms with van der Waals surface area (Å²) < 4.78 is 4.50. The number of methoxy groups -OCH3 is 1. The zero-order chi connectivity index (χ0) is 13.0. The number of benzene rings is 1. The molecule has 0 aliphatic heterocycles. The SMILES string of the molecule is COC(=O)[C@H](N)Cc1cc([N+](=O)[O-])ccc1C. The Morgan fingerprint density at radius 3 is 2.76 bits per heavy atom. The summed E-state index contributed by atoms with van der Waals surface area (Å²) in [6.07, 6.45) is 0.222. The van der Waals surface area contributed by atoms with Crippen molar-refractivity contribution < 1.29 is 14.5 Å². The molecule has 0 aliphatic rings. The number of rotatable bonds is 4. The smallest absolute Gasteiger partial charge is 0.322 e. The lowest BCUT2D eigenvalue weighted by Crippen LogP contribution is -2.33. The van der Waals surface area contributed by atoms with Crippen LogP contribution in [0.2, 0.25) is 0 Å². The van der Waals surface area contributed by atoms with Crippen LogP contribution >= 0.6 is 0 Å². The van der Waals surface area contributed by atoms with Crippen LogP contribution in [0.25, 0.3) is 0 Å². The minimum absolute atomic E-state index is 0.0114. The van der Waals surface area contributed by atoms with Gasteiger partial charge in [-0.15, -0.1) is 0 Å². The molecule has 17 heavy (non-hydrogen) atoms. The Morgan fingerprint density at radius 1 is 1.59 bits per heavy atom. The number of nitro groups is 1. The standard InChI is InChI=1S/C11H14N2O4/c1-7-3-4-9(13(15)16)5-8(7)6-10(12)11(14)17-2/h3-5,10H,6,12H2,1-2H3/t10-/m1/s1. The first-order valence-corrected chi connectivity index (χ1v) is 5.03. The fraction of sp³-hybridized carbons (Fsp3) is 0.364. The van der Waals surface area contributed by atoms with E-state index in [1.54, 1.807) is 6.07 Å². The normalized spacial score (nSPS) is 11.9. The largest absolute Gasteiger partial charge is 0.468 e. The van der Waals surface area contributed by atoms with Crippen LogP contribution in [0.3, 0.4) is 0 Å². The van der Waals surface area contributed by atoms with E-state index in [4.69, 9.17) is 5.73 Å².